The van der Waals surface area contributed by atoms with Gasteiger partial charge >= 0.3 is 12.2 Å². The van der Waals surface area contributed by atoms with E-state index in [2.05, 4.69) is 20.4 Å². The van der Waals surface area contributed by atoms with Gasteiger partial charge in [0.25, 0.3) is 0 Å². The number of carbonyl (C=O) groups is 2. The molecule has 28 heavy (non-hydrogen) atoms. The highest BCUT2D eigenvalue weighted by Gasteiger charge is 2.11. The van der Waals surface area contributed by atoms with Crippen molar-refractivity contribution in [3.63, 3.8) is 0 Å². The molecule has 2 fully saturated rings. The Morgan fingerprint density at radius 1 is 0.714 bits per heavy atom. The fourth-order valence-electron chi connectivity index (χ4n) is 2.92. The molecule has 10 nitrogen and oxygen atoms in total. The number of hydrogen-bond acceptors (Lipinski definition) is 8. The first-order valence-electron chi connectivity index (χ1n) is 10.2. The summed E-state index contributed by atoms with van der Waals surface area (Å²) in [6.45, 7) is 9.74. The maximum atomic E-state index is 11.6. The number of hydrogen-bond donors (Lipinski definition) is 2. The summed E-state index contributed by atoms with van der Waals surface area (Å²) < 4.78 is 20.8. The zero-order chi connectivity index (χ0) is 19.9. The van der Waals surface area contributed by atoms with E-state index < -0.39 is 12.2 Å². The lowest BCUT2D eigenvalue weighted by Crippen LogP contribution is -2.39. The van der Waals surface area contributed by atoms with Crippen LogP contribution in [-0.4, -0.2) is 114 Å². The number of nitrogens with zero attached hydrogens (tertiary/aromatic N) is 2. The van der Waals surface area contributed by atoms with Gasteiger partial charge in [0.15, 0.2) is 0 Å². The second-order valence-electron chi connectivity index (χ2n) is 6.74. The van der Waals surface area contributed by atoms with E-state index in [4.69, 9.17) is 18.9 Å². The molecular formula is C18H34N4O6. The number of carbonyl (C=O) groups excluding carboxylic acids is 2. The summed E-state index contributed by atoms with van der Waals surface area (Å²) in [5.41, 5.74) is 0. The highest BCUT2D eigenvalue weighted by molar-refractivity contribution is 5.67. The zero-order valence-electron chi connectivity index (χ0n) is 16.7. The molecule has 2 aliphatic heterocycles. The van der Waals surface area contributed by atoms with Crippen LogP contribution in [0.3, 0.4) is 0 Å². The van der Waals surface area contributed by atoms with E-state index in [-0.39, 0.29) is 0 Å². The van der Waals surface area contributed by atoms with E-state index in [9.17, 15) is 9.59 Å². The van der Waals surface area contributed by atoms with Crippen molar-refractivity contribution in [1.29, 1.82) is 0 Å². The van der Waals surface area contributed by atoms with Gasteiger partial charge in [-0.1, -0.05) is 0 Å². The zero-order valence-corrected chi connectivity index (χ0v) is 16.7. The fraction of sp³-hybridized carbons (Fsp3) is 0.889. The molecule has 0 spiro atoms. The van der Waals surface area contributed by atoms with Gasteiger partial charge in [-0.3, -0.25) is 9.80 Å². The Morgan fingerprint density at radius 2 is 1.11 bits per heavy atom. The van der Waals surface area contributed by atoms with Gasteiger partial charge in [-0.25, -0.2) is 9.59 Å². The largest absolute Gasteiger partial charge is 0.448 e. The van der Waals surface area contributed by atoms with Crippen LogP contribution in [0.5, 0.6) is 0 Å². The number of rotatable bonds is 11. The molecule has 0 unspecified atom stereocenters. The second-order valence-corrected chi connectivity index (χ2v) is 6.74. The summed E-state index contributed by atoms with van der Waals surface area (Å²) in [5, 5.41) is 5.43. The Bertz CT molecular complexity index is 402. The van der Waals surface area contributed by atoms with Crippen LogP contribution in [0, 0.1) is 0 Å². The topological polar surface area (TPSA) is 102 Å². The molecule has 2 amide bonds. The minimum Gasteiger partial charge on any atom is -0.448 e. The van der Waals surface area contributed by atoms with Crippen LogP contribution in [-0.2, 0) is 18.9 Å². The molecule has 0 aromatic heterocycles. The average Bonchev–Trinajstić information content (AvgIpc) is 2.72. The average molecular weight is 402 g/mol. The molecule has 0 bridgehead atoms. The minimum absolute atomic E-state index is 0.379. The molecule has 0 radical (unpaired) electrons. The molecule has 10 heteroatoms. The quantitative estimate of drug-likeness (QED) is 0.462. The molecule has 0 aliphatic carbocycles. The maximum absolute atomic E-state index is 11.6. The Kier molecular flexibility index (Phi) is 11.6. The van der Waals surface area contributed by atoms with Crippen LogP contribution in [0.25, 0.3) is 0 Å². The Labute approximate surface area is 166 Å². The first kappa shape index (κ1) is 22.7. The number of unbranched alkanes of at least 4 members (excludes halogenated alkanes) is 1. The number of nitrogens with one attached hydrogen (secondary N) is 2. The third-order valence-corrected chi connectivity index (χ3v) is 4.63. The molecule has 0 aromatic carbocycles. The van der Waals surface area contributed by atoms with E-state index in [1.165, 1.54) is 0 Å². The van der Waals surface area contributed by atoms with Crippen molar-refractivity contribution >= 4 is 12.2 Å². The van der Waals surface area contributed by atoms with Crippen molar-refractivity contribution in [3.8, 4) is 0 Å². The van der Waals surface area contributed by atoms with E-state index >= 15 is 0 Å². The number of morpholine rings is 2. The van der Waals surface area contributed by atoms with Gasteiger partial charge in [0.2, 0.25) is 0 Å². The van der Waals surface area contributed by atoms with Gasteiger partial charge in [-0.05, 0) is 12.8 Å². The molecule has 2 aliphatic rings. The molecule has 162 valence electrons. The lowest BCUT2D eigenvalue weighted by molar-refractivity contribution is 0.0278. The van der Waals surface area contributed by atoms with E-state index in [1.54, 1.807) is 0 Å². The number of ether oxygens (including phenoxy) is 4. The van der Waals surface area contributed by atoms with Crippen molar-refractivity contribution in [3.05, 3.63) is 0 Å². The van der Waals surface area contributed by atoms with E-state index in [0.29, 0.717) is 26.3 Å². The molecule has 0 atom stereocenters. The molecular weight excluding hydrogens is 368 g/mol. The van der Waals surface area contributed by atoms with Crippen molar-refractivity contribution in [2.75, 3.05) is 92.0 Å². The summed E-state index contributed by atoms with van der Waals surface area (Å²) in [6.07, 6.45) is 0.715. The first-order chi connectivity index (χ1) is 13.7. The summed E-state index contributed by atoms with van der Waals surface area (Å²) >= 11 is 0. The van der Waals surface area contributed by atoms with Crippen molar-refractivity contribution < 1.29 is 28.5 Å². The molecule has 0 saturated carbocycles. The predicted molar refractivity (Wildman–Crippen MR) is 102 cm³/mol. The molecule has 2 N–H and O–H groups in total. The van der Waals surface area contributed by atoms with Crippen LogP contribution in [0.1, 0.15) is 12.8 Å². The molecule has 2 rings (SSSR count). The Morgan fingerprint density at radius 3 is 1.50 bits per heavy atom. The third kappa shape index (κ3) is 10.6. The monoisotopic (exact) mass is 402 g/mol. The number of alkyl carbamates (subject to hydrolysis) is 2. The smallest absolute Gasteiger partial charge is 0.407 e. The number of amides is 2. The lowest BCUT2D eigenvalue weighted by Gasteiger charge is -2.26. The van der Waals surface area contributed by atoms with Gasteiger partial charge in [-0.2, -0.15) is 0 Å². The summed E-state index contributed by atoms with van der Waals surface area (Å²) in [7, 11) is 0. The summed E-state index contributed by atoms with van der Waals surface area (Å²) in [4.78, 5) is 27.6. The molecule has 2 saturated heterocycles. The standard InChI is InChI=1S/C18H34N4O6/c23-17(27-15-9-21-5-11-25-12-6-21)19-3-1-2-4-20-18(24)28-16-10-22-7-13-26-14-8-22/h1-16H2,(H,19,23)(H,20,24). The maximum Gasteiger partial charge on any atom is 0.407 e. The van der Waals surface area contributed by atoms with Crippen LogP contribution in [0.2, 0.25) is 0 Å². The fourth-order valence-corrected chi connectivity index (χ4v) is 2.92. The highest BCUT2D eigenvalue weighted by Crippen LogP contribution is 1.97. The Hall–Kier alpha value is -1.62. The van der Waals surface area contributed by atoms with Crippen LogP contribution in [0.4, 0.5) is 9.59 Å². The van der Waals surface area contributed by atoms with Crippen LogP contribution < -0.4 is 10.6 Å². The second kappa shape index (κ2) is 14.4. The van der Waals surface area contributed by atoms with E-state index in [0.717, 1.165) is 78.5 Å². The van der Waals surface area contributed by atoms with Gasteiger partial charge in [0.05, 0.1) is 26.4 Å². The lowest BCUT2D eigenvalue weighted by atomic mass is 10.3. The Balaban J connectivity index is 1.34. The van der Waals surface area contributed by atoms with Crippen LogP contribution >= 0.6 is 0 Å². The van der Waals surface area contributed by atoms with Crippen molar-refractivity contribution in [2.45, 2.75) is 12.8 Å². The molecule has 0 aromatic rings. The van der Waals surface area contributed by atoms with E-state index in [1.807, 2.05) is 0 Å². The predicted octanol–water partition coefficient (Wildman–Crippen LogP) is -0.117. The first-order valence-corrected chi connectivity index (χ1v) is 10.2. The van der Waals surface area contributed by atoms with Crippen molar-refractivity contribution in [1.82, 2.24) is 20.4 Å². The van der Waals surface area contributed by atoms with Crippen LogP contribution in [0.15, 0.2) is 0 Å². The summed E-state index contributed by atoms with van der Waals surface area (Å²) in [5.74, 6) is 0. The van der Waals surface area contributed by atoms with Crippen molar-refractivity contribution in [2.24, 2.45) is 0 Å². The molecule has 2 heterocycles. The van der Waals surface area contributed by atoms with Gasteiger partial charge in [-0.15, -0.1) is 0 Å². The van der Waals surface area contributed by atoms with Gasteiger partial charge in [0, 0.05) is 52.4 Å². The van der Waals surface area contributed by atoms with Gasteiger partial charge < -0.3 is 29.6 Å². The SMILES string of the molecule is O=C(NCCCCNC(=O)OCCN1CCOCC1)OCCN1CCOCC1. The highest BCUT2D eigenvalue weighted by atomic mass is 16.6. The summed E-state index contributed by atoms with van der Waals surface area (Å²) in [6, 6.07) is 0. The van der Waals surface area contributed by atoms with Gasteiger partial charge in [0.1, 0.15) is 13.2 Å². The third-order valence-electron chi connectivity index (χ3n) is 4.63. The normalized spacial score (nSPS) is 18.4. The minimum atomic E-state index is -0.399.